The minimum Gasteiger partial charge on any atom is -0.229 e. The molecule has 196 valence electrons. The van der Waals surface area contributed by atoms with E-state index in [1.807, 2.05) is 0 Å². The molecular formula is C14F20. The Morgan fingerprint density at radius 3 is 0.324 bits per heavy atom. The van der Waals surface area contributed by atoms with E-state index in [0.29, 0.717) is 0 Å². The van der Waals surface area contributed by atoms with Gasteiger partial charge in [0.25, 0.3) is 34.0 Å². The molecule has 0 heterocycles. The molecule has 0 aromatic carbocycles. The van der Waals surface area contributed by atoms with Crippen LogP contribution in [0.25, 0.3) is 0 Å². The molecule has 0 radical (unpaired) electrons. The standard InChI is InChI=1S/C14F20/c15-1-2(16)4(18)6(20)5(19,13(31,32)7(21,9(1,23)24)12(4,29)30)3(1,17)11(27,28)8(22,10(2,25)26)14(6,33)34. The Hall–Kier alpha value is -1.40. The summed E-state index contributed by atoms with van der Waals surface area (Å²) in [7, 11) is 0. The van der Waals surface area contributed by atoms with Gasteiger partial charge in [0.1, 0.15) is 0 Å². The zero-order valence-corrected chi connectivity index (χ0v) is 14.6. The van der Waals surface area contributed by atoms with Crippen LogP contribution in [0.2, 0.25) is 0 Å². The van der Waals surface area contributed by atoms with Crippen molar-refractivity contribution < 1.29 is 87.8 Å². The highest BCUT2D eigenvalue weighted by atomic mass is 19.3. The third-order valence-electron chi connectivity index (χ3n) is 8.04. The van der Waals surface area contributed by atoms with E-state index in [1.165, 1.54) is 0 Å². The number of alkyl halides is 20. The second kappa shape index (κ2) is 4.34. The lowest BCUT2D eigenvalue weighted by Crippen LogP contribution is -3.21. The van der Waals surface area contributed by atoms with Gasteiger partial charge in [-0.05, 0) is 0 Å². The molecule has 0 N–H and O–H groups in total. The van der Waals surface area contributed by atoms with Crippen LogP contribution in [0.1, 0.15) is 0 Å². The zero-order valence-electron chi connectivity index (χ0n) is 14.6. The fraction of sp³-hybridized carbons (Fsp3) is 1.00. The van der Waals surface area contributed by atoms with Gasteiger partial charge in [0.15, 0.2) is 0 Å². The summed E-state index contributed by atoms with van der Waals surface area (Å²) in [4.78, 5) is 0. The monoisotopic (exact) mass is 548 g/mol. The van der Waals surface area contributed by atoms with Crippen molar-refractivity contribution >= 4 is 0 Å². The first-order chi connectivity index (χ1) is 14.5. The van der Waals surface area contributed by atoms with Gasteiger partial charge in [0.05, 0.1) is 0 Å². The fourth-order valence-electron chi connectivity index (χ4n) is 6.63. The van der Waals surface area contributed by atoms with Crippen LogP contribution in [0.15, 0.2) is 0 Å². The zero-order chi connectivity index (χ0) is 27.0. The van der Waals surface area contributed by atoms with Crippen LogP contribution in [0.4, 0.5) is 87.8 Å². The predicted octanol–water partition coefficient (Wildman–Crippen LogP) is 5.53. The highest BCUT2D eigenvalue weighted by Gasteiger charge is 3.33. The number of halogens is 20. The Morgan fingerprint density at radius 2 is 0.235 bits per heavy atom. The van der Waals surface area contributed by atoms with E-state index in [-0.39, 0.29) is 0 Å². The minimum atomic E-state index is -8.43. The van der Waals surface area contributed by atoms with Crippen molar-refractivity contribution in [1.82, 2.24) is 0 Å². The molecule has 0 aromatic rings. The largest absolute Gasteiger partial charge is 0.334 e. The van der Waals surface area contributed by atoms with Crippen molar-refractivity contribution in [2.45, 2.75) is 80.9 Å². The molecule has 7 saturated carbocycles. The van der Waals surface area contributed by atoms with Crippen LogP contribution in [-0.4, -0.2) is 80.9 Å². The molecule has 7 aliphatic rings. The fourth-order valence-corrected chi connectivity index (χ4v) is 6.63. The summed E-state index contributed by atoms with van der Waals surface area (Å²) < 4.78 is 295. The van der Waals surface area contributed by atoms with Crippen LogP contribution < -0.4 is 0 Å². The molecule has 34 heavy (non-hydrogen) atoms. The number of hydrogen-bond acceptors (Lipinski definition) is 0. The van der Waals surface area contributed by atoms with Crippen molar-refractivity contribution in [2.75, 3.05) is 0 Å². The maximum Gasteiger partial charge on any atom is 0.334 e. The molecule has 0 aromatic heterocycles. The van der Waals surface area contributed by atoms with E-state index in [2.05, 4.69) is 0 Å². The van der Waals surface area contributed by atoms with E-state index >= 15 is 26.3 Å². The van der Waals surface area contributed by atoms with E-state index in [4.69, 9.17) is 0 Å². The molecule has 7 rings (SSSR count). The molecular weight excluding hydrogens is 548 g/mol. The summed E-state index contributed by atoms with van der Waals surface area (Å²) in [5.41, 5.74) is -66.9. The van der Waals surface area contributed by atoms with Crippen LogP contribution in [0, 0.1) is 0 Å². The van der Waals surface area contributed by atoms with Gasteiger partial charge in [0.2, 0.25) is 0 Å². The van der Waals surface area contributed by atoms with E-state index in [0.717, 1.165) is 0 Å². The molecule has 7 aliphatic carbocycles. The smallest absolute Gasteiger partial charge is 0.229 e. The molecule has 0 unspecified atom stereocenters. The minimum absolute atomic E-state index is 8.28. The van der Waals surface area contributed by atoms with Gasteiger partial charge < -0.3 is 0 Å². The second-order valence-electron chi connectivity index (χ2n) is 8.71. The third kappa shape index (κ3) is 1.04. The SMILES string of the molecule is FC1(F)C2(F)C(F)(F)C3(F)C4(F)C(F)(F)C5(F)C(F)(F)C(F)(C14F)C(F)(C2(F)F)C3(F)C5(F)F. The highest BCUT2D eigenvalue weighted by Crippen LogP contribution is 2.98. The Morgan fingerprint density at radius 1 is 0.147 bits per heavy atom. The maximum atomic E-state index is 15.3. The molecule has 0 amide bonds. The summed E-state index contributed by atoms with van der Waals surface area (Å²) in [6.45, 7) is 0. The summed E-state index contributed by atoms with van der Waals surface area (Å²) in [6, 6.07) is 0. The van der Waals surface area contributed by atoms with Crippen molar-refractivity contribution in [3.63, 3.8) is 0 Å². The number of rotatable bonds is 0. The normalized spacial score (nSPS) is 63.9. The number of hydrogen-bond donors (Lipinski definition) is 0. The molecule has 0 nitrogen and oxygen atoms in total. The summed E-state index contributed by atoms with van der Waals surface area (Å²) in [6.07, 6.45) is 0. The predicted molar refractivity (Wildman–Crippen MR) is 60.4 cm³/mol. The molecule has 0 saturated heterocycles. The van der Waals surface area contributed by atoms with Gasteiger partial charge in [-0.2, -0.15) is 52.7 Å². The third-order valence-corrected chi connectivity index (χ3v) is 8.04. The van der Waals surface area contributed by atoms with Crippen LogP contribution in [-0.2, 0) is 0 Å². The summed E-state index contributed by atoms with van der Waals surface area (Å²) in [5, 5.41) is 0. The molecule has 0 aliphatic heterocycles. The first-order valence-corrected chi connectivity index (χ1v) is 8.28. The van der Waals surface area contributed by atoms with Gasteiger partial charge in [-0.3, -0.25) is 0 Å². The molecule has 7 fully saturated rings. The molecule has 8 bridgehead atoms. The Kier molecular flexibility index (Phi) is 3.10. The van der Waals surface area contributed by atoms with Crippen molar-refractivity contribution in [2.24, 2.45) is 0 Å². The molecule has 20 heteroatoms. The first kappa shape index (κ1) is 24.3. The molecule has 0 spiro atoms. The summed E-state index contributed by atoms with van der Waals surface area (Å²) in [5.74, 6) is -50.6. The van der Waals surface area contributed by atoms with E-state index < -0.39 is 80.9 Å². The Bertz CT molecular complexity index is 842. The van der Waals surface area contributed by atoms with E-state index in [1.54, 1.807) is 0 Å². The van der Waals surface area contributed by atoms with Crippen molar-refractivity contribution in [3.8, 4) is 0 Å². The van der Waals surface area contributed by atoms with Gasteiger partial charge in [-0.15, -0.1) is 0 Å². The quantitative estimate of drug-likeness (QED) is 0.350. The van der Waals surface area contributed by atoms with E-state index in [9.17, 15) is 61.5 Å². The van der Waals surface area contributed by atoms with Gasteiger partial charge in [-0.25, -0.2) is 35.1 Å². The van der Waals surface area contributed by atoms with Gasteiger partial charge >= 0.3 is 46.9 Å². The van der Waals surface area contributed by atoms with Gasteiger partial charge in [0, 0.05) is 0 Å². The Labute approximate surface area is 170 Å². The van der Waals surface area contributed by atoms with Crippen LogP contribution in [0.5, 0.6) is 0 Å². The highest BCUT2D eigenvalue weighted by molar-refractivity contribution is 5.69. The average molecular weight is 548 g/mol. The van der Waals surface area contributed by atoms with Crippen molar-refractivity contribution in [1.29, 1.82) is 0 Å². The lowest BCUT2D eigenvalue weighted by Gasteiger charge is -2.85. The molecule has 0 atom stereocenters. The summed E-state index contributed by atoms with van der Waals surface area (Å²) >= 11 is 0. The average Bonchev–Trinajstić information content (AvgIpc) is 2.68. The van der Waals surface area contributed by atoms with Crippen molar-refractivity contribution in [3.05, 3.63) is 0 Å². The lowest BCUT2D eigenvalue weighted by molar-refractivity contribution is -0.661. The topological polar surface area (TPSA) is 0 Å². The maximum absolute atomic E-state index is 15.3. The van der Waals surface area contributed by atoms with Crippen LogP contribution >= 0.6 is 0 Å². The second-order valence-corrected chi connectivity index (χ2v) is 8.71. The first-order valence-electron chi connectivity index (χ1n) is 8.28. The van der Waals surface area contributed by atoms with Crippen LogP contribution in [0.3, 0.4) is 0 Å². The Balaban J connectivity index is 2.25. The van der Waals surface area contributed by atoms with Gasteiger partial charge in [-0.1, -0.05) is 0 Å². The lowest BCUT2D eigenvalue weighted by atomic mass is 9.23.